The van der Waals surface area contributed by atoms with Gasteiger partial charge in [0, 0.05) is 49.4 Å². The number of rotatable bonds is 6. The molecule has 7 nitrogen and oxygen atoms in total. The monoisotopic (exact) mass is 566 g/mol. The molecule has 3 saturated heterocycles. The molecular weight excluding hydrogens is 534 g/mol. The lowest BCUT2D eigenvalue weighted by Gasteiger charge is -2.50. The zero-order valence-electron chi connectivity index (χ0n) is 22.7. The normalized spacial score (nSPS) is 28.0. The Balaban J connectivity index is 1.18. The Morgan fingerprint density at radius 3 is 2.60 bits per heavy atom. The van der Waals surface area contributed by atoms with Crippen molar-refractivity contribution in [3.05, 3.63) is 65.5 Å². The van der Waals surface area contributed by atoms with Crippen molar-refractivity contribution in [2.45, 2.75) is 62.2 Å². The van der Waals surface area contributed by atoms with Gasteiger partial charge in [0.15, 0.2) is 0 Å². The summed E-state index contributed by atoms with van der Waals surface area (Å²) in [5, 5.41) is 1.12. The van der Waals surface area contributed by atoms with Crippen LogP contribution in [0.3, 0.4) is 0 Å². The van der Waals surface area contributed by atoms with E-state index < -0.39 is 11.5 Å². The van der Waals surface area contributed by atoms with E-state index in [1.54, 1.807) is 12.3 Å². The number of benzene rings is 1. The maximum absolute atomic E-state index is 14.3. The summed E-state index contributed by atoms with van der Waals surface area (Å²) in [5.74, 6) is -1.96. The summed E-state index contributed by atoms with van der Waals surface area (Å²) in [4.78, 5) is 20.5. The molecule has 2 aromatic heterocycles. The number of alkyl halides is 2. The zero-order chi connectivity index (χ0) is 27.7. The summed E-state index contributed by atoms with van der Waals surface area (Å²) in [6.07, 6.45) is 7.68. The van der Waals surface area contributed by atoms with Crippen molar-refractivity contribution < 1.29 is 13.5 Å². The number of fused-ring (bicyclic) bond motifs is 4. The molecule has 4 aliphatic heterocycles. The van der Waals surface area contributed by atoms with Crippen LogP contribution in [0.1, 0.15) is 38.7 Å². The summed E-state index contributed by atoms with van der Waals surface area (Å²) < 4.78 is 34.8. The van der Waals surface area contributed by atoms with Crippen LogP contribution in [0.15, 0.2) is 54.7 Å². The topological polar surface area (TPSA) is 57.6 Å². The highest BCUT2D eigenvalue weighted by atomic mass is 35.5. The molecule has 3 atom stereocenters. The summed E-state index contributed by atoms with van der Waals surface area (Å²) >= 11 is 6.24. The maximum Gasteiger partial charge on any atom is 0.319 e. The minimum absolute atomic E-state index is 0.137. The molecule has 0 aliphatic carbocycles. The molecule has 1 unspecified atom stereocenters. The highest BCUT2D eigenvalue weighted by Gasteiger charge is 2.57. The van der Waals surface area contributed by atoms with Crippen LogP contribution in [-0.4, -0.2) is 81.1 Å². The van der Waals surface area contributed by atoms with Gasteiger partial charge in [0.1, 0.15) is 17.6 Å². The number of piperazine rings is 1. The molecule has 0 saturated carbocycles. The summed E-state index contributed by atoms with van der Waals surface area (Å²) in [5.41, 5.74) is 1.08. The lowest BCUT2D eigenvalue weighted by Crippen LogP contribution is -2.60. The van der Waals surface area contributed by atoms with Gasteiger partial charge in [0.05, 0.1) is 23.0 Å². The average molecular weight is 567 g/mol. The van der Waals surface area contributed by atoms with Crippen molar-refractivity contribution >= 4 is 28.3 Å². The molecule has 0 spiro atoms. The molecule has 3 fully saturated rings. The van der Waals surface area contributed by atoms with Gasteiger partial charge in [-0.25, -0.2) is 13.8 Å². The van der Waals surface area contributed by atoms with E-state index in [9.17, 15) is 8.78 Å². The van der Waals surface area contributed by atoms with Crippen LogP contribution in [0.4, 0.5) is 14.6 Å². The van der Waals surface area contributed by atoms with Gasteiger partial charge in [-0.2, -0.15) is 9.97 Å². The van der Waals surface area contributed by atoms with Crippen LogP contribution in [0.2, 0.25) is 5.15 Å². The predicted octanol–water partition coefficient (Wildman–Crippen LogP) is 5.29. The molecule has 0 radical (unpaired) electrons. The van der Waals surface area contributed by atoms with Gasteiger partial charge in [0.2, 0.25) is 0 Å². The Hall–Kier alpha value is -2.88. The predicted molar refractivity (Wildman–Crippen MR) is 151 cm³/mol. The number of hydrogen-bond acceptors (Lipinski definition) is 7. The largest absolute Gasteiger partial charge is 0.461 e. The van der Waals surface area contributed by atoms with E-state index >= 15 is 0 Å². The van der Waals surface area contributed by atoms with Crippen molar-refractivity contribution in [3.63, 3.8) is 0 Å². The molecule has 7 rings (SSSR count). The van der Waals surface area contributed by atoms with Gasteiger partial charge >= 0.3 is 6.01 Å². The van der Waals surface area contributed by atoms with Crippen LogP contribution >= 0.6 is 11.6 Å². The van der Waals surface area contributed by atoms with Crippen molar-refractivity contribution in [1.29, 1.82) is 0 Å². The number of ether oxygens (including phenoxy) is 1. The summed E-state index contributed by atoms with van der Waals surface area (Å²) in [7, 11) is 0. The fraction of sp³-hybridized carbons (Fsp3) is 0.500. The molecule has 0 N–H and O–H groups in total. The van der Waals surface area contributed by atoms with Crippen LogP contribution < -0.4 is 9.64 Å². The first kappa shape index (κ1) is 26.0. The third kappa shape index (κ3) is 4.33. The van der Waals surface area contributed by atoms with Gasteiger partial charge in [-0.3, -0.25) is 9.80 Å². The second-order valence-corrected chi connectivity index (χ2v) is 12.6. The second kappa shape index (κ2) is 9.33. The van der Waals surface area contributed by atoms with E-state index in [-0.39, 0.29) is 43.2 Å². The third-order valence-corrected chi connectivity index (χ3v) is 9.44. The molecule has 6 heterocycles. The lowest BCUT2D eigenvalue weighted by molar-refractivity contribution is 0.00804. The molecular formula is C30H33ClF2N6O. The minimum Gasteiger partial charge on any atom is -0.461 e. The van der Waals surface area contributed by atoms with E-state index in [0.717, 1.165) is 30.7 Å². The van der Waals surface area contributed by atoms with Crippen LogP contribution in [0.25, 0.3) is 10.9 Å². The number of halogens is 3. The third-order valence-electron chi connectivity index (χ3n) is 9.24. The van der Waals surface area contributed by atoms with E-state index in [1.165, 1.54) is 5.56 Å². The first-order valence-corrected chi connectivity index (χ1v) is 14.4. The molecule has 4 aliphatic rings. The van der Waals surface area contributed by atoms with Crippen molar-refractivity contribution in [3.8, 4) is 6.01 Å². The van der Waals surface area contributed by atoms with Gasteiger partial charge < -0.3 is 9.64 Å². The number of pyridine rings is 1. The second-order valence-electron chi connectivity index (χ2n) is 12.2. The molecule has 0 amide bonds. The van der Waals surface area contributed by atoms with Gasteiger partial charge in [-0.05, 0) is 38.8 Å². The Labute approximate surface area is 237 Å². The van der Waals surface area contributed by atoms with Gasteiger partial charge in [-0.1, -0.05) is 54.1 Å². The molecule has 210 valence electrons. The van der Waals surface area contributed by atoms with Crippen molar-refractivity contribution in [1.82, 2.24) is 24.8 Å². The highest BCUT2D eigenvalue weighted by Crippen LogP contribution is 2.46. The fourth-order valence-electron chi connectivity index (χ4n) is 7.45. The lowest BCUT2D eigenvalue weighted by atomic mass is 9.89. The molecule has 10 heteroatoms. The van der Waals surface area contributed by atoms with E-state index in [1.807, 2.05) is 11.0 Å². The average Bonchev–Trinajstić information content (AvgIpc) is 3.52. The molecule has 3 aromatic rings. The first-order valence-electron chi connectivity index (χ1n) is 14.0. The number of hydrogen-bond donors (Lipinski definition) is 0. The van der Waals surface area contributed by atoms with Crippen LogP contribution in [-0.2, 0) is 5.54 Å². The van der Waals surface area contributed by atoms with Gasteiger partial charge in [-0.15, -0.1) is 0 Å². The highest BCUT2D eigenvalue weighted by molar-refractivity contribution is 6.30. The minimum atomic E-state index is -2.70. The molecule has 1 aromatic carbocycles. The number of anilines is 1. The standard InChI is InChI=1S/C30H33ClF2N6O/c1-28(2,20-7-4-3-5-8-20)39-21-9-10-22(39)16-37(15-21)26-23-14-34-25(31)13-24(23)35-27(36-26)40-19-29-11-6-12-38(29)18-30(32,33)17-29/h3-5,7-10,13-14,21-22H,6,11-12,15-19H2,1-2H3/t21-,22+,29?. The number of aromatic nitrogens is 3. The molecule has 40 heavy (non-hydrogen) atoms. The van der Waals surface area contributed by atoms with Crippen molar-refractivity contribution in [2.75, 3.05) is 37.7 Å². The molecule has 2 bridgehead atoms. The quantitative estimate of drug-likeness (QED) is 0.297. The smallest absolute Gasteiger partial charge is 0.319 e. The summed E-state index contributed by atoms with van der Waals surface area (Å²) in [6, 6.07) is 12.9. The van der Waals surface area contributed by atoms with Crippen LogP contribution in [0, 0.1) is 0 Å². The Kier molecular flexibility index (Phi) is 6.07. The van der Waals surface area contributed by atoms with E-state index in [2.05, 4.69) is 70.0 Å². The maximum atomic E-state index is 14.3. The number of nitrogens with zero attached hydrogens (tertiary/aromatic N) is 6. The Morgan fingerprint density at radius 2 is 1.85 bits per heavy atom. The van der Waals surface area contributed by atoms with Crippen molar-refractivity contribution in [2.24, 2.45) is 0 Å². The van der Waals surface area contributed by atoms with Crippen LogP contribution in [0.5, 0.6) is 6.01 Å². The Morgan fingerprint density at radius 1 is 1.10 bits per heavy atom. The SMILES string of the molecule is CC(C)(c1ccccc1)N1[C@@H]2C=C[C@H]1CN(c1nc(OCC34CCCN3CC(F)(F)C4)nc3cc(Cl)ncc13)C2. The first-order chi connectivity index (χ1) is 19.1. The van der Waals surface area contributed by atoms with Gasteiger partial charge in [0.25, 0.3) is 5.92 Å². The fourth-order valence-corrected chi connectivity index (χ4v) is 7.60. The Bertz CT molecular complexity index is 1450. The zero-order valence-corrected chi connectivity index (χ0v) is 23.5. The van der Waals surface area contributed by atoms with E-state index in [0.29, 0.717) is 23.6 Å². The van der Waals surface area contributed by atoms with E-state index in [4.69, 9.17) is 21.3 Å². The summed E-state index contributed by atoms with van der Waals surface area (Å²) in [6.45, 7) is 6.63.